The number of benzene rings is 2. The molecule has 5 rings (SSSR count). The molecule has 0 spiro atoms. The van der Waals surface area contributed by atoms with Crippen molar-refractivity contribution in [1.29, 1.82) is 0 Å². The number of hydrazine groups is 1. The van der Waals surface area contributed by atoms with Crippen molar-refractivity contribution in [2.24, 2.45) is 0 Å². The van der Waals surface area contributed by atoms with Gasteiger partial charge in [0.05, 0.1) is 16.4 Å². The molecule has 6 nitrogen and oxygen atoms in total. The molecule has 2 aliphatic rings. The number of ether oxygens (including phenoxy) is 1. The maximum absolute atomic E-state index is 13.8. The highest BCUT2D eigenvalue weighted by atomic mass is 127. The molecule has 2 aromatic carbocycles. The van der Waals surface area contributed by atoms with E-state index in [1.807, 2.05) is 23.2 Å². The van der Waals surface area contributed by atoms with Gasteiger partial charge in [0.2, 0.25) is 0 Å². The van der Waals surface area contributed by atoms with Crippen LogP contribution < -0.4 is 9.75 Å². The molecule has 0 unspecified atom stereocenters. The third-order valence-corrected chi connectivity index (χ3v) is 6.81. The van der Waals surface area contributed by atoms with Crippen LogP contribution in [-0.2, 0) is 6.61 Å². The lowest BCUT2D eigenvalue weighted by Gasteiger charge is -2.37. The average molecular weight is 606 g/mol. The monoisotopic (exact) mass is 604 g/mol. The number of carbonyl (C=O) groups is 1. The maximum Gasteiger partial charge on any atom is 0.293 e. The summed E-state index contributed by atoms with van der Waals surface area (Å²) < 4.78 is 7.04. The third kappa shape index (κ3) is 4.33. The van der Waals surface area contributed by atoms with Crippen LogP contribution in [0.4, 0.5) is 5.69 Å². The Hall–Kier alpha value is -1.52. The molecule has 3 heterocycles. The van der Waals surface area contributed by atoms with Crippen LogP contribution in [0.2, 0.25) is 10.0 Å². The van der Waals surface area contributed by atoms with Crippen molar-refractivity contribution in [2.75, 3.05) is 18.1 Å². The van der Waals surface area contributed by atoms with Gasteiger partial charge in [-0.15, -0.1) is 12.4 Å². The number of rotatable bonds is 3. The number of amides is 1. The quantitative estimate of drug-likeness (QED) is 0.354. The second-order valence-electron chi connectivity index (χ2n) is 7.58. The second-order valence-corrected chi connectivity index (χ2v) is 9.67. The lowest BCUT2D eigenvalue weighted by atomic mass is 10.0. The van der Waals surface area contributed by atoms with E-state index in [0.29, 0.717) is 21.4 Å². The van der Waals surface area contributed by atoms with E-state index in [4.69, 9.17) is 27.9 Å². The van der Waals surface area contributed by atoms with E-state index < -0.39 is 0 Å². The van der Waals surface area contributed by atoms with Crippen LogP contribution in [0.25, 0.3) is 11.3 Å². The number of aromatic amines is 1. The third-order valence-electron chi connectivity index (χ3n) is 5.60. The van der Waals surface area contributed by atoms with E-state index in [0.717, 1.165) is 58.5 Å². The van der Waals surface area contributed by atoms with Crippen molar-refractivity contribution in [3.63, 3.8) is 0 Å². The SMILES string of the molecule is Cl.O=C(c1n[nH]c2c1COc1cc(I)ccc1-2)N(c1ccc(Cl)cc1Cl)N1CCCCC1. The molecule has 10 heteroatoms. The summed E-state index contributed by atoms with van der Waals surface area (Å²) in [6.07, 6.45) is 3.18. The Morgan fingerprint density at radius 2 is 1.91 bits per heavy atom. The minimum atomic E-state index is -0.235. The summed E-state index contributed by atoms with van der Waals surface area (Å²) in [6.45, 7) is 1.83. The summed E-state index contributed by atoms with van der Waals surface area (Å²) >= 11 is 14.9. The smallest absolute Gasteiger partial charge is 0.293 e. The van der Waals surface area contributed by atoms with E-state index in [1.54, 1.807) is 23.2 Å². The van der Waals surface area contributed by atoms with E-state index in [9.17, 15) is 4.79 Å². The molecule has 0 aliphatic carbocycles. The molecule has 1 saturated heterocycles. The highest BCUT2D eigenvalue weighted by Crippen LogP contribution is 2.39. The zero-order valence-corrected chi connectivity index (χ0v) is 21.4. The normalized spacial score (nSPS) is 15.2. The Bertz CT molecular complexity index is 1160. The molecule has 1 fully saturated rings. The van der Waals surface area contributed by atoms with Crippen molar-refractivity contribution in [1.82, 2.24) is 15.2 Å². The minimum absolute atomic E-state index is 0. The molecule has 1 aromatic heterocycles. The van der Waals surface area contributed by atoms with Crippen LogP contribution in [0.5, 0.6) is 5.75 Å². The predicted octanol–water partition coefficient (Wildman–Crippen LogP) is 6.35. The number of nitrogens with one attached hydrogen (secondary N) is 1. The summed E-state index contributed by atoms with van der Waals surface area (Å²) in [4.78, 5) is 13.8. The Morgan fingerprint density at radius 3 is 2.66 bits per heavy atom. The number of halogens is 4. The summed E-state index contributed by atoms with van der Waals surface area (Å²) in [6, 6.07) is 11.2. The summed E-state index contributed by atoms with van der Waals surface area (Å²) in [5.41, 5.74) is 3.42. The first-order valence-corrected chi connectivity index (χ1v) is 11.9. The molecule has 0 radical (unpaired) electrons. The van der Waals surface area contributed by atoms with Crippen LogP contribution in [-0.4, -0.2) is 34.2 Å². The van der Waals surface area contributed by atoms with Crippen molar-refractivity contribution in [3.8, 4) is 17.0 Å². The fourth-order valence-corrected chi connectivity index (χ4v) is 5.05. The van der Waals surface area contributed by atoms with Crippen molar-refractivity contribution in [3.05, 3.63) is 61.3 Å². The van der Waals surface area contributed by atoms with Gasteiger partial charge in [0.25, 0.3) is 5.91 Å². The molecule has 0 atom stereocenters. The van der Waals surface area contributed by atoms with Gasteiger partial charge in [-0.2, -0.15) is 5.10 Å². The molecule has 2 aliphatic heterocycles. The first kappa shape index (κ1) is 23.6. The second kappa shape index (κ2) is 9.77. The van der Waals surface area contributed by atoms with Gasteiger partial charge >= 0.3 is 0 Å². The average Bonchev–Trinajstić information content (AvgIpc) is 3.20. The molecule has 0 saturated carbocycles. The van der Waals surface area contributed by atoms with Gasteiger partial charge in [0.15, 0.2) is 5.69 Å². The summed E-state index contributed by atoms with van der Waals surface area (Å²) in [5, 5.41) is 12.1. The van der Waals surface area contributed by atoms with Crippen molar-refractivity contribution in [2.45, 2.75) is 25.9 Å². The highest BCUT2D eigenvalue weighted by Gasteiger charge is 2.33. The largest absolute Gasteiger partial charge is 0.488 e. The van der Waals surface area contributed by atoms with Crippen LogP contribution >= 0.6 is 58.2 Å². The number of nitrogens with zero attached hydrogens (tertiary/aromatic N) is 3. The lowest BCUT2D eigenvalue weighted by Crippen LogP contribution is -2.49. The first-order valence-electron chi connectivity index (χ1n) is 10.1. The number of hydrogen-bond donors (Lipinski definition) is 1. The van der Waals surface area contributed by atoms with Crippen LogP contribution in [0.1, 0.15) is 35.3 Å². The number of piperidine rings is 1. The standard InChI is InChI=1S/C22H19Cl2IN4O2.ClH/c23-13-4-7-18(17(24)10-13)29(28-8-2-1-3-9-28)22(30)21-16-12-31-19-11-14(25)5-6-15(19)20(16)26-27-21;/h4-7,10-11H,1-3,8-9,12H2,(H,26,27);1H. The van der Waals surface area contributed by atoms with Crippen LogP contribution in [0, 0.1) is 3.57 Å². The Kier molecular flexibility index (Phi) is 7.21. The fourth-order valence-electron chi connectivity index (χ4n) is 4.10. The van der Waals surface area contributed by atoms with Gasteiger partial charge < -0.3 is 4.74 Å². The number of aromatic nitrogens is 2. The fraction of sp³-hybridized carbons (Fsp3) is 0.273. The summed E-state index contributed by atoms with van der Waals surface area (Å²) in [7, 11) is 0. The Labute approximate surface area is 215 Å². The Balaban J connectivity index is 0.00000245. The van der Waals surface area contributed by atoms with E-state index >= 15 is 0 Å². The number of carbonyl (C=O) groups excluding carboxylic acids is 1. The van der Waals surface area contributed by atoms with Gasteiger partial charge in [0.1, 0.15) is 12.4 Å². The van der Waals surface area contributed by atoms with Crippen molar-refractivity contribution >= 4 is 69.8 Å². The van der Waals surface area contributed by atoms with E-state index in [-0.39, 0.29) is 24.9 Å². The summed E-state index contributed by atoms with van der Waals surface area (Å²) in [5.74, 6) is 0.553. The zero-order valence-electron chi connectivity index (χ0n) is 16.9. The van der Waals surface area contributed by atoms with Gasteiger partial charge in [-0.3, -0.25) is 9.89 Å². The molecule has 3 aromatic rings. The first-order chi connectivity index (χ1) is 15.0. The molecule has 1 N–H and O–H groups in total. The number of anilines is 1. The zero-order chi connectivity index (χ0) is 21.5. The highest BCUT2D eigenvalue weighted by molar-refractivity contribution is 14.1. The van der Waals surface area contributed by atoms with Crippen LogP contribution in [0.3, 0.4) is 0 Å². The van der Waals surface area contributed by atoms with Crippen molar-refractivity contribution < 1.29 is 9.53 Å². The lowest BCUT2D eigenvalue weighted by molar-refractivity contribution is 0.0865. The number of hydrogen-bond acceptors (Lipinski definition) is 4. The molecular formula is C22H20Cl3IN4O2. The number of fused-ring (bicyclic) bond motifs is 3. The van der Waals surface area contributed by atoms with Gasteiger partial charge in [-0.25, -0.2) is 10.0 Å². The van der Waals surface area contributed by atoms with E-state index in [1.165, 1.54) is 0 Å². The molecule has 0 bridgehead atoms. The van der Waals surface area contributed by atoms with Gasteiger partial charge in [0, 0.05) is 32.8 Å². The molecule has 1 amide bonds. The minimum Gasteiger partial charge on any atom is -0.488 e. The van der Waals surface area contributed by atoms with Gasteiger partial charge in [-0.1, -0.05) is 29.6 Å². The predicted molar refractivity (Wildman–Crippen MR) is 137 cm³/mol. The van der Waals surface area contributed by atoms with E-state index in [2.05, 4.69) is 32.8 Å². The van der Waals surface area contributed by atoms with Gasteiger partial charge in [-0.05, 0) is 71.8 Å². The maximum atomic E-state index is 13.8. The van der Waals surface area contributed by atoms with Crippen LogP contribution in [0.15, 0.2) is 36.4 Å². The molecule has 32 heavy (non-hydrogen) atoms. The molecule has 168 valence electrons. The molecular weight excluding hydrogens is 586 g/mol. The number of H-pyrrole nitrogens is 1. The topological polar surface area (TPSA) is 61.5 Å². The Morgan fingerprint density at radius 1 is 1.12 bits per heavy atom.